The molecule has 0 rings (SSSR count). The topological polar surface area (TPSA) is 134 Å². The normalized spacial score (nSPS) is 13.5. The highest BCUT2D eigenvalue weighted by molar-refractivity contribution is 7.47. The monoisotopic (exact) mass is 1240 g/mol. The number of esters is 2. The van der Waals surface area contributed by atoms with Gasteiger partial charge in [0.15, 0.2) is 6.10 Å². The van der Waals surface area contributed by atoms with Gasteiger partial charge in [-0.2, -0.15) is 0 Å². The van der Waals surface area contributed by atoms with Crippen LogP contribution in [0.1, 0.15) is 348 Å². The molecule has 0 aliphatic rings. The maximum absolute atomic E-state index is 12.8. The number of phosphoric acid groups is 1. The van der Waals surface area contributed by atoms with E-state index in [1.54, 1.807) is 0 Å². The maximum Gasteiger partial charge on any atom is 0.472 e. The second kappa shape index (κ2) is 72.0. The SMILES string of the molecule is CC/C=C\C/C=C\C/C=C\C/C=C\C/C=C\C/C=C\CCCCCCCCCCCCCCCCC(=O)OC(COC(=O)CCCCCCCCCCCCCCCCCCCCCCC/C=C\C/C=C\CCCCCCC)COP(=O)(O)OCCN. The van der Waals surface area contributed by atoms with Crippen LogP contribution in [0.15, 0.2) is 97.2 Å². The Hall–Kier alpha value is -3.07. The molecule has 0 bridgehead atoms. The maximum atomic E-state index is 12.8. The van der Waals surface area contributed by atoms with E-state index in [2.05, 4.69) is 111 Å². The van der Waals surface area contributed by atoms with Crippen LogP contribution in [0.2, 0.25) is 0 Å². The number of carbonyl (C=O) groups is 2. The van der Waals surface area contributed by atoms with Crippen LogP contribution in [0.4, 0.5) is 0 Å². The van der Waals surface area contributed by atoms with E-state index in [1.807, 2.05) is 0 Å². The Labute approximate surface area is 537 Å². The Morgan fingerprint density at radius 2 is 0.632 bits per heavy atom. The third kappa shape index (κ3) is 71.9. The Morgan fingerprint density at radius 1 is 0.356 bits per heavy atom. The molecule has 3 N–H and O–H groups in total. The minimum absolute atomic E-state index is 0.0518. The summed E-state index contributed by atoms with van der Waals surface area (Å²) >= 11 is 0. The summed E-state index contributed by atoms with van der Waals surface area (Å²) in [6.45, 7) is 3.66. The van der Waals surface area contributed by atoms with Gasteiger partial charge in [0.1, 0.15) is 6.61 Å². The molecule has 504 valence electrons. The van der Waals surface area contributed by atoms with Crippen LogP contribution in [0.25, 0.3) is 0 Å². The van der Waals surface area contributed by atoms with Gasteiger partial charge in [0.2, 0.25) is 0 Å². The number of hydrogen-bond donors (Lipinski definition) is 2. The first-order valence-electron chi connectivity index (χ1n) is 36.7. The predicted octanol–water partition coefficient (Wildman–Crippen LogP) is 24.3. The van der Waals surface area contributed by atoms with Crippen LogP contribution in [-0.2, 0) is 32.7 Å². The standard InChI is InChI=1S/C77H138NO8P/c1-3-5-7-9-11-13-15-17-19-21-23-25-27-29-31-33-35-37-39-41-43-45-47-49-51-53-55-57-59-61-63-65-67-69-76(79)83-73-75(74-85-87(81,82)84-72-71-78)86-77(80)70-68-66-64-62-60-58-56-54-52-50-48-46-44-42-40-38-36-34-32-30-28-26-24-22-20-18-16-14-12-10-8-6-4-2/h6,8,12,14-15,17-18,20-21,23-24,26,30,32,36,38,75H,3-5,7,9-11,13,16,19,22,25,27-29,31,33-35,37,39-74,78H2,1-2H3,(H,81,82)/b8-6-,14-12-,17-15-,20-18-,23-21-,26-24-,32-30-,38-36-. The molecule has 0 radical (unpaired) electrons. The van der Waals surface area contributed by atoms with Crippen LogP contribution < -0.4 is 5.73 Å². The zero-order valence-electron chi connectivity index (χ0n) is 56.7. The molecule has 0 spiro atoms. The molecule has 2 atom stereocenters. The molecule has 9 nitrogen and oxygen atoms in total. The van der Waals surface area contributed by atoms with Crippen LogP contribution in [0.5, 0.6) is 0 Å². The molecule has 2 unspecified atom stereocenters. The number of rotatable bonds is 69. The van der Waals surface area contributed by atoms with Gasteiger partial charge in [-0.25, -0.2) is 4.57 Å². The van der Waals surface area contributed by atoms with E-state index in [0.29, 0.717) is 6.42 Å². The predicted molar refractivity (Wildman–Crippen MR) is 376 cm³/mol. The van der Waals surface area contributed by atoms with Crippen molar-refractivity contribution < 1.29 is 37.6 Å². The fourth-order valence-corrected chi connectivity index (χ4v) is 11.3. The molecule has 0 saturated heterocycles. The lowest BCUT2D eigenvalue weighted by Gasteiger charge is -2.19. The first kappa shape index (κ1) is 83.9. The van der Waals surface area contributed by atoms with E-state index >= 15 is 0 Å². The lowest BCUT2D eigenvalue weighted by molar-refractivity contribution is -0.161. The number of ether oxygens (including phenoxy) is 2. The van der Waals surface area contributed by atoms with Crippen molar-refractivity contribution in [2.24, 2.45) is 5.73 Å². The third-order valence-corrected chi connectivity index (χ3v) is 16.9. The number of unbranched alkanes of at least 4 members (excludes halogenated alkanes) is 40. The van der Waals surface area contributed by atoms with Gasteiger partial charge in [0.25, 0.3) is 0 Å². The number of allylic oxidation sites excluding steroid dienone is 16. The highest BCUT2D eigenvalue weighted by Gasteiger charge is 2.26. The average Bonchev–Trinajstić information content (AvgIpc) is 3.64. The summed E-state index contributed by atoms with van der Waals surface area (Å²) in [5.74, 6) is -0.816. The molecule has 0 aromatic carbocycles. The molecule has 87 heavy (non-hydrogen) atoms. The smallest absolute Gasteiger partial charge is 0.462 e. The molecule has 0 aliphatic heterocycles. The number of nitrogens with two attached hydrogens (primary N) is 1. The number of hydrogen-bond acceptors (Lipinski definition) is 8. The van der Waals surface area contributed by atoms with E-state index in [4.69, 9.17) is 24.3 Å². The van der Waals surface area contributed by atoms with Gasteiger partial charge >= 0.3 is 19.8 Å². The summed E-state index contributed by atoms with van der Waals surface area (Å²) in [7, 11) is -4.40. The van der Waals surface area contributed by atoms with Gasteiger partial charge in [-0.1, -0.05) is 336 Å². The van der Waals surface area contributed by atoms with Crippen molar-refractivity contribution in [2.45, 2.75) is 354 Å². The zero-order chi connectivity index (χ0) is 63.0. The van der Waals surface area contributed by atoms with Crippen LogP contribution in [-0.4, -0.2) is 49.3 Å². The molecule has 10 heteroatoms. The molecule has 0 amide bonds. The zero-order valence-corrected chi connectivity index (χ0v) is 57.6. The summed E-state index contributed by atoms with van der Waals surface area (Å²) in [5.41, 5.74) is 5.41. The van der Waals surface area contributed by atoms with E-state index in [1.165, 1.54) is 231 Å². The third-order valence-electron chi connectivity index (χ3n) is 16.0. The van der Waals surface area contributed by atoms with Crippen molar-refractivity contribution >= 4 is 19.8 Å². The van der Waals surface area contributed by atoms with Crippen LogP contribution in [0.3, 0.4) is 0 Å². The van der Waals surface area contributed by atoms with Crippen molar-refractivity contribution in [1.29, 1.82) is 0 Å². The van der Waals surface area contributed by atoms with Crippen molar-refractivity contribution in [3.63, 3.8) is 0 Å². The summed E-state index contributed by atoms with van der Waals surface area (Å²) < 4.78 is 33.2. The second-order valence-electron chi connectivity index (χ2n) is 24.4. The summed E-state index contributed by atoms with van der Waals surface area (Å²) in [6, 6.07) is 0. The highest BCUT2D eigenvalue weighted by Crippen LogP contribution is 2.43. The molecule has 0 aromatic heterocycles. The van der Waals surface area contributed by atoms with Gasteiger partial charge in [-0.15, -0.1) is 0 Å². The van der Waals surface area contributed by atoms with Gasteiger partial charge in [0.05, 0.1) is 13.2 Å². The molecular formula is C77H138NO8P. The molecule has 0 aromatic rings. The fourth-order valence-electron chi connectivity index (χ4n) is 10.6. The van der Waals surface area contributed by atoms with Crippen molar-refractivity contribution in [1.82, 2.24) is 0 Å². The molecule has 0 heterocycles. The highest BCUT2D eigenvalue weighted by atomic mass is 31.2. The molecule has 0 fully saturated rings. The Bertz CT molecular complexity index is 1750. The van der Waals surface area contributed by atoms with E-state index in [-0.39, 0.29) is 38.6 Å². The first-order chi connectivity index (χ1) is 42.8. The Morgan fingerprint density at radius 3 is 0.943 bits per heavy atom. The van der Waals surface area contributed by atoms with Crippen molar-refractivity contribution in [3.05, 3.63) is 97.2 Å². The first-order valence-corrected chi connectivity index (χ1v) is 38.2. The van der Waals surface area contributed by atoms with Crippen LogP contribution in [0, 0.1) is 0 Å². The fraction of sp³-hybridized carbons (Fsp3) is 0.766. The van der Waals surface area contributed by atoms with E-state index in [0.717, 1.165) is 83.5 Å². The van der Waals surface area contributed by atoms with Gasteiger partial charge < -0.3 is 20.1 Å². The average molecular weight is 1240 g/mol. The molecule has 0 aliphatic carbocycles. The number of carbonyl (C=O) groups excluding carboxylic acids is 2. The quantitative estimate of drug-likeness (QED) is 0.0264. The van der Waals surface area contributed by atoms with Gasteiger partial charge in [-0.3, -0.25) is 18.6 Å². The largest absolute Gasteiger partial charge is 0.472 e. The second-order valence-corrected chi connectivity index (χ2v) is 25.9. The minimum Gasteiger partial charge on any atom is -0.462 e. The summed E-state index contributed by atoms with van der Waals surface area (Å²) in [5, 5.41) is 0. The van der Waals surface area contributed by atoms with Crippen molar-refractivity contribution in [2.75, 3.05) is 26.4 Å². The lowest BCUT2D eigenvalue weighted by atomic mass is 10.0. The van der Waals surface area contributed by atoms with Crippen LogP contribution >= 0.6 is 7.82 Å². The van der Waals surface area contributed by atoms with Gasteiger partial charge in [0, 0.05) is 19.4 Å². The summed E-state index contributed by atoms with van der Waals surface area (Å²) in [4.78, 5) is 35.4. The Kier molecular flexibility index (Phi) is 69.5. The minimum atomic E-state index is -4.40. The lowest BCUT2D eigenvalue weighted by Crippen LogP contribution is -2.29. The van der Waals surface area contributed by atoms with E-state index in [9.17, 15) is 19.0 Å². The van der Waals surface area contributed by atoms with Gasteiger partial charge in [-0.05, 0) is 96.3 Å². The van der Waals surface area contributed by atoms with E-state index < -0.39 is 26.5 Å². The summed E-state index contributed by atoms with van der Waals surface area (Å²) in [6.07, 6.45) is 98.0. The molecule has 0 saturated carbocycles. The Balaban J connectivity index is 3.84. The number of phosphoric ester groups is 1. The van der Waals surface area contributed by atoms with Crippen molar-refractivity contribution in [3.8, 4) is 0 Å². The molecular weight excluding hydrogens is 1100 g/mol.